The van der Waals surface area contributed by atoms with E-state index in [1.54, 1.807) is 18.2 Å². The maximum absolute atomic E-state index is 12.3. The van der Waals surface area contributed by atoms with E-state index in [0.29, 0.717) is 12.1 Å². The number of amides is 1. The van der Waals surface area contributed by atoms with Gasteiger partial charge in [0.1, 0.15) is 5.75 Å². The van der Waals surface area contributed by atoms with Crippen molar-refractivity contribution in [3.63, 3.8) is 0 Å². The molecule has 4 nitrogen and oxygen atoms in total. The number of hydrogen-bond acceptors (Lipinski definition) is 3. The van der Waals surface area contributed by atoms with Crippen molar-refractivity contribution in [1.82, 2.24) is 9.80 Å². The van der Waals surface area contributed by atoms with E-state index in [9.17, 15) is 9.90 Å². The highest BCUT2D eigenvalue weighted by molar-refractivity contribution is 5.94. The van der Waals surface area contributed by atoms with Gasteiger partial charge in [-0.2, -0.15) is 0 Å². The maximum Gasteiger partial charge on any atom is 0.253 e. The average Bonchev–Trinajstić information content (AvgIpc) is 2.47. The smallest absolute Gasteiger partial charge is 0.253 e. The monoisotopic (exact) mass is 278 g/mol. The van der Waals surface area contributed by atoms with Crippen LogP contribution in [-0.4, -0.2) is 53.5 Å². The van der Waals surface area contributed by atoms with Gasteiger partial charge in [-0.1, -0.05) is 19.9 Å². The van der Waals surface area contributed by atoms with Crippen molar-refractivity contribution < 1.29 is 9.90 Å². The molecule has 0 saturated carbocycles. The van der Waals surface area contributed by atoms with Gasteiger partial charge in [0.05, 0.1) is 0 Å². The minimum absolute atomic E-state index is 0.0112. The molecule has 0 heterocycles. The van der Waals surface area contributed by atoms with Crippen LogP contribution in [0.4, 0.5) is 0 Å². The van der Waals surface area contributed by atoms with Crippen molar-refractivity contribution in [2.45, 2.75) is 27.2 Å². The highest BCUT2D eigenvalue weighted by Crippen LogP contribution is 2.13. The van der Waals surface area contributed by atoms with Gasteiger partial charge in [-0.15, -0.1) is 0 Å². The Morgan fingerprint density at radius 3 is 2.35 bits per heavy atom. The molecule has 1 aromatic carbocycles. The van der Waals surface area contributed by atoms with Gasteiger partial charge in [-0.05, 0) is 51.2 Å². The summed E-state index contributed by atoms with van der Waals surface area (Å²) in [6.45, 7) is 10.8. The molecule has 0 radical (unpaired) electrons. The summed E-state index contributed by atoms with van der Waals surface area (Å²) in [5.41, 5.74) is 0.551. The van der Waals surface area contributed by atoms with E-state index in [2.05, 4.69) is 18.7 Å². The molecule has 0 aliphatic heterocycles. The van der Waals surface area contributed by atoms with Crippen LogP contribution in [0, 0.1) is 0 Å². The number of carbonyl (C=O) groups is 1. The second-order valence-electron chi connectivity index (χ2n) is 4.82. The third-order valence-electron chi connectivity index (χ3n) is 3.56. The second-order valence-corrected chi connectivity index (χ2v) is 4.82. The molecule has 0 atom stereocenters. The molecule has 20 heavy (non-hydrogen) atoms. The lowest BCUT2D eigenvalue weighted by Gasteiger charge is -2.23. The zero-order chi connectivity index (χ0) is 15.0. The van der Waals surface area contributed by atoms with Gasteiger partial charge >= 0.3 is 0 Å². The lowest BCUT2D eigenvalue weighted by Crippen LogP contribution is -2.34. The predicted octanol–water partition coefficient (Wildman–Crippen LogP) is 2.59. The summed E-state index contributed by atoms with van der Waals surface area (Å²) in [5, 5.41) is 9.45. The number of nitrogens with zero attached hydrogens (tertiary/aromatic N) is 2. The molecule has 4 heteroatoms. The normalized spacial score (nSPS) is 10.8. The summed E-state index contributed by atoms with van der Waals surface area (Å²) in [7, 11) is 0. The number of carbonyl (C=O) groups excluding carboxylic acids is 1. The Bertz CT molecular complexity index is 417. The van der Waals surface area contributed by atoms with E-state index in [-0.39, 0.29) is 11.7 Å². The van der Waals surface area contributed by atoms with Gasteiger partial charge in [0.25, 0.3) is 5.91 Å². The fraction of sp³-hybridized carbons (Fsp3) is 0.562. The van der Waals surface area contributed by atoms with Crippen LogP contribution in [0.15, 0.2) is 24.3 Å². The molecule has 0 aliphatic carbocycles. The van der Waals surface area contributed by atoms with Crippen LogP contribution in [0.3, 0.4) is 0 Å². The molecule has 1 aromatic rings. The van der Waals surface area contributed by atoms with Crippen LogP contribution >= 0.6 is 0 Å². The molecule has 1 amide bonds. The fourth-order valence-corrected chi connectivity index (χ4v) is 2.25. The Hall–Kier alpha value is -1.55. The van der Waals surface area contributed by atoms with Gasteiger partial charge in [0.15, 0.2) is 0 Å². The molecule has 0 spiro atoms. The molecule has 0 saturated heterocycles. The average molecular weight is 278 g/mol. The Morgan fingerprint density at radius 1 is 1.10 bits per heavy atom. The van der Waals surface area contributed by atoms with E-state index >= 15 is 0 Å². The Kier molecular flexibility index (Phi) is 7.09. The number of hydrogen-bond donors (Lipinski definition) is 1. The summed E-state index contributed by atoms with van der Waals surface area (Å²) in [5.74, 6) is 0.123. The van der Waals surface area contributed by atoms with Crippen molar-refractivity contribution in [1.29, 1.82) is 0 Å². The zero-order valence-electron chi connectivity index (χ0n) is 12.8. The van der Waals surface area contributed by atoms with Crippen LogP contribution in [0.1, 0.15) is 37.6 Å². The van der Waals surface area contributed by atoms with Crippen molar-refractivity contribution in [3.05, 3.63) is 29.8 Å². The standard InChI is InChI=1S/C16H26N2O2/c1-4-17(5-2)11-8-12-18(6-3)16(20)14-9-7-10-15(19)13-14/h7,9-10,13,19H,4-6,8,11-12H2,1-3H3. The van der Waals surface area contributed by atoms with Crippen molar-refractivity contribution >= 4 is 5.91 Å². The lowest BCUT2D eigenvalue weighted by molar-refractivity contribution is 0.0757. The minimum Gasteiger partial charge on any atom is -0.508 e. The summed E-state index contributed by atoms with van der Waals surface area (Å²) in [6.07, 6.45) is 0.972. The number of benzene rings is 1. The molecular formula is C16H26N2O2. The third kappa shape index (κ3) is 4.85. The topological polar surface area (TPSA) is 43.8 Å². The first kappa shape index (κ1) is 16.5. The Labute approximate surface area is 122 Å². The SMILES string of the molecule is CCN(CC)CCCN(CC)C(=O)c1cccc(O)c1. The van der Waals surface area contributed by atoms with E-state index < -0.39 is 0 Å². The molecule has 0 bridgehead atoms. The maximum atomic E-state index is 12.3. The highest BCUT2D eigenvalue weighted by atomic mass is 16.3. The third-order valence-corrected chi connectivity index (χ3v) is 3.56. The van der Waals surface area contributed by atoms with Crippen LogP contribution in [-0.2, 0) is 0 Å². The number of phenolic OH excluding ortho intramolecular Hbond substituents is 1. The fourth-order valence-electron chi connectivity index (χ4n) is 2.25. The summed E-state index contributed by atoms with van der Waals surface area (Å²) >= 11 is 0. The zero-order valence-corrected chi connectivity index (χ0v) is 12.8. The minimum atomic E-state index is -0.0112. The number of rotatable bonds is 8. The summed E-state index contributed by atoms with van der Waals surface area (Å²) in [6, 6.07) is 6.55. The van der Waals surface area contributed by atoms with E-state index in [1.165, 1.54) is 6.07 Å². The second kappa shape index (κ2) is 8.59. The molecule has 1 N–H and O–H groups in total. The first-order chi connectivity index (χ1) is 9.62. The largest absolute Gasteiger partial charge is 0.508 e. The Morgan fingerprint density at radius 2 is 1.80 bits per heavy atom. The molecular weight excluding hydrogens is 252 g/mol. The predicted molar refractivity (Wildman–Crippen MR) is 82.1 cm³/mol. The van der Waals surface area contributed by atoms with Crippen molar-refractivity contribution in [2.75, 3.05) is 32.7 Å². The molecule has 1 rings (SSSR count). The first-order valence-electron chi connectivity index (χ1n) is 7.43. The van der Waals surface area contributed by atoms with E-state index in [0.717, 1.165) is 32.6 Å². The van der Waals surface area contributed by atoms with Gasteiger partial charge in [-0.3, -0.25) is 4.79 Å². The van der Waals surface area contributed by atoms with Crippen LogP contribution in [0.2, 0.25) is 0 Å². The van der Waals surface area contributed by atoms with E-state index in [4.69, 9.17) is 0 Å². The van der Waals surface area contributed by atoms with E-state index in [1.807, 2.05) is 11.8 Å². The highest BCUT2D eigenvalue weighted by Gasteiger charge is 2.14. The summed E-state index contributed by atoms with van der Waals surface area (Å²) in [4.78, 5) is 16.5. The van der Waals surface area contributed by atoms with Gasteiger partial charge in [-0.25, -0.2) is 0 Å². The number of phenols is 1. The van der Waals surface area contributed by atoms with Gasteiger partial charge in [0.2, 0.25) is 0 Å². The first-order valence-corrected chi connectivity index (χ1v) is 7.43. The molecule has 0 aromatic heterocycles. The molecule has 0 fully saturated rings. The molecule has 112 valence electrons. The quantitative estimate of drug-likeness (QED) is 0.795. The van der Waals surface area contributed by atoms with Gasteiger partial charge in [0, 0.05) is 18.7 Å². The number of aromatic hydroxyl groups is 1. The van der Waals surface area contributed by atoms with Crippen LogP contribution in [0.25, 0.3) is 0 Å². The lowest BCUT2D eigenvalue weighted by atomic mass is 10.2. The van der Waals surface area contributed by atoms with Crippen LogP contribution in [0.5, 0.6) is 5.75 Å². The Balaban J connectivity index is 2.55. The van der Waals surface area contributed by atoms with Crippen molar-refractivity contribution in [3.8, 4) is 5.75 Å². The van der Waals surface area contributed by atoms with Crippen LogP contribution < -0.4 is 0 Å². The van der Waals surface area contributed by atoms with Gasteiger partial charge < -0.3 is 14.9 Å². The molecule has 0 unspecified atom stereocenters. The van der Waals surface area contributed by atoms with Crippen molar-refractivity contribution in [2.24, 2.45) is 0 Å². The molecule has 0 aliphatic rings. The summed E-state index contributed by atoms with van der Waals surface area (Å²) < 4.78 is 0.